The first-order chi connectivity index (χ1) is 10.1. The van der Waals surface area contributed by atoms with Crippen LogP contribution in [0.3, 0.4) is 0 Å². The maximum absolute atomic E-state index is 5.92. The van der Waals surface area contributed by atoms with Gasteiger partial charge in [-0.1, -0.05) is 28.4 Å². The number of likely N-dealkylation sites (N-methyl/N-ethyl adjacent to an activating group) is 1. The average Bonchev–Trinajstić information content (AvgIpc) is 2.90. The summed E-state index contributed by atoms with van der Waals surface area (Å²) in [5.74, 6) is 1.92. The van der Waals surface area contributed by atoms with Crippen LogP contribution in [-0.2, 0) is 12.8 Å². The highest BCUT2D eigenvalue weighted by Gasteiger charge is 2.09. The van der Waals surface area contributed by atoms with Gasteiger partial charge < -0.3 is 14.6 Å². The van der Waals surface area contributed by atoms with Crippen LogP contribution in [0.15, 0.2) is 22.7 Å². The number of nitrogens with zero attached hydrogens (tertiary/aromatic N) is 2. The third-order valence-electron chi connectivity index (χ3n) is 2.97. The van der Waals surface area contributed by atoms with Crippen LogP contribution in [-0.4, -0.2) is 29.8 Å². The lowest BCUT2D eigenvalue weighted by atomic mass is 10.2. The van der Waals surface area contributed by atoms with Crippen molar-refractivity contribution in [2.45, 2.75) is 25.8 Å². The summed E-state index contributed by atoms with van der Waals surface area (Å²) in [7, 11) is 1.90. The normalized spacial score (nSPS) is 12.4. The van der Waals surface area contributed by atoms with Crippen molar-refractivity contribution in [1.29, 1.82) is 0 Å². The molecule has 0 saturated heterocycles. The Bertz CT molecular complexity index is 589. The Labute approximate surface area is 133 Å². The summed E-state index contributed by atoms with van der Waals surface area (Å²) in [6.45, 7) is 2.49. The molecule has 0 aliphatic heterocycles. The van der Waals surface area contributed by atoms with Crippen molar-refractivity contribution < 1.29 is 9.26 Å². The van der Waals surface area contributed by atoms with Crippen LogP contribution in [0.1, 0.15) is 18.6 Å². The first-order valence-corrected chi connectivity index (χ1v) is 7.40. The Hall–Kier alpha value is -1.30. The lowest BCUT2D eigenvalue weighted by Gasteiger charge is -2.05. The molecule has 1 aromatic carbocycles. The molecule has 1 unspecified atom stereocenters. The predicted molar refractivity (Wildman–Crippen MR) is 82.2 cm³/mol. The van der Waals surface area contributed by atoms with Crippen LogP contribution in [0.25, 0.3) is 0 Å². The fourth-order valence-corrected chi connectivity index (χ4v) is 1.96. The van der Waals surface area contributed by atoms with Gasteiger partial charge in [0, 0.05) is 18.5 Å². The van der Waals surface area contributed by atoms with E-state index in [0.29, 0.717) is 46.6 Å². The minimum absolute atomic E-state index is 0.308. The maximum Gasteiger partial charge on any atom is 0.230 e. The molecule has 0 fully saturated rings. The van der Waals surface area contributed by atoms with Crippen molar-refractivity contribution in [2.24, 2.45) is 0 Å². The number of nitrogens with one attached hydrogen (secondary N) is 1. The van der Waals surface area contributed by atoms with Crippen molar-refractivity contribution in [3.8, 4) is 5.75 Å². The van der Waals surface area contributed by atoms with E-state index >= 15 is 0 Å². The number of hydrogen-bond donors (Lipinski definition) is 1. The number of benzene rings is 1. The highest BCUT2D eigenvalue weighted by molar-refractivity contribution is 6.42. The van der Waals surface area contributed by atoms with Gasteiger partial charge in [0.1, 0.15) is 5.75 Å². The molecule has 1 heterocycles. The molecular formula is C14H17Cl2N3O2. The van der Waals surface area contributed by atoms with Crippen LogP contribution in [0, 0.1) is 0 Å². The Kier molecular flexibility index (Phi) is 5.85. The van der Waals surface area contributed by atoms with Crippen molar-refractivity contribution in [1.82, 2.24) is 15.5 Å². The largest absolute Gasteiger partial charge is 0.493 e. The molecule has 0 aliphatic rings. The second-order valence-electron chi connectivity index (χ2n) is 4.67. The summed E-state index contributed by atoms with van der Waals surface area (Å²) in [5.41, 5.74) is 0. The minimum Gasteiger partial charge on any atom is -0.493 e. The fraction of sp³-hybridized carbons (Fsp3) is 0.429. The summed E-state index contributed by atoms with van der Waals surface area (Å²) >= 11 is 11.8. The number of ether oxygens (including phenoxy) is 1. The second-order valence-corrected chi connectivity index (χ2v) is 5.49. The van der Waals surface area contributed by atoms with E-state index in [-0.39, 0.29) is 0 Å². The Morgan fingerprint density at radius 3 is 2.86 bits per heavy atom. The van der Waals surface area contributed by atoms with E-state index in [1.54, 1.807) is 18.2 Å². The Morgan fingerprint density at radius 1 is 1.33 bits per heavy atom. The van der Waals surface area contributed by atoms with Gasteiger partial charge in [-0.15, -0.1) is 0 Å². The molecule has 2 aromatic rings. The molecule has 0 spiro atoms. The zero-order valence-electron chi connectivity index (χ0n) is 11.9. The van der Waals surface area contributed by atoms with Crippen molar-refractivity contribution in [3.63, 3.8) is 0 Å². The average molecular weight is 330 g/mol. The summed E-state index contributed by atoms with van der Waals surface area (Å²) in [4.78, 5) is 4.32. The molecule has 114 valence electrons. The number of hydrogen-bond acceptors (Lipinski definition) is 5. The monoisotopic (exact) mass is 329 g/mol. The van der Waals surface area contributed by atoms with Gasteiger partial charge in [-0.05, 0) is 26.1 Å². The van der Waals surface area contributed by atoms with E-state index in [0.717, 1.165) is 6.42 Å². The minimum atomic E-state index is 0.308. The van der Waals surface area contributed by atoms with Gasteiger partial charge in [0.25, 0.3) is 0 Å². The molecule has 2 rings (SSSR count). The molecule has 0 radical (unpaired) electrons. The molecule has 1 atom stereocenters. The van der Waals surface area contributed by atoms with Gasteiger partial charge in [0.15, 0.2) is 5.82 Å². The quantitative estimate of drug-likeness (QED) is 0.845. The highest BCUT2D eigenvalue weighted by atomic mass is 35.5. The molecule has 0 amide bonds. The van der Waals surface area contributed by atoms with Crippen LogP contribution < -0.4 is 10.1 Å². The van der Waals surface area contributed by atoms with Gasteiger partial charge in [0.2, 0.25) is 5.89 Å². The molecule has 1 N–H and O–H groups in total. The molecule has 0 aliphatic carbocycles. The van der Waals surface area contributed by atoms with Crippen LogP contribution in [0.5, 0.6) is 5.75 Å². The lowest BCUT2D eigenvalue weighted by molar-refractivity contribution is 0.291. The summed E-state index contributed by atoms with van der Waals surface area (Å²) in [5, 5.41) is 8.03. The SMILES string of the molecule is CNC(C)Cc1noc(CCOc2ccc(Cl)c(Cl)c2)n1. The maximum atomic E-state index is 5.92. The smallest absolute Gasteiger partial charge is 0.230 e. The Balaban J connectivity index is 1.82. The van der Waals surface area contributed by atoms with Gasteiger partial charge in [-0.2, -0.15) is 4.98 Å². The van der Waals surface area contributed by atoms with Gasteiger partial charge in [0.05, 0.1) is 23.1 Å². The van der Waals surface area contributed by atoms with Crippen LogP contribution in [0.2, 0.25) is 10.0 Å². The Morgan fingerprint density at radius 2 is 2.14 bits per heavy atom. The number of rotatable bonds is 7. The summed E-state index contributed by atoms with van der Waals surface area (Å²) in [6.07, 6.45) is 1.27. The number of aromatic nitrogens is 2. The van der Waals surface area contributed by atoms with Crippen molar-refractivity contribution >= 4 is 23.2 Å². The van der Waals surface area contributed by atoms with E-state index in [4.69, 9.17) is 32.5 Å². The van der Waals surface area contributed by atoms with Gasteiger partial charge in [-0.3, -0.25) is 0 Å². The van der Waals surface area contributed by atoms with Crippen LogP contribution >= 0.6 is 23.2 Å². The lowest BCUT2D eigenvalue weighted by Crippen LogP contribution is -2.24. The molecule has 0 bridgehead atoms. The topological polar surface area (TPSA) is 60.2 Å². The van der Waals surface area contributed by atoms with E-state index in [1.165, 1.54) is 0 Å². The van der Waals surface area contributed by atoms with Crippen LogP contribution in [0.4, 0.5) is 0 Å². The van der Waals surface area contributed by atoms with Gasteiger partial charge in [-0.25, -0.2) is 0 Å². The predicted octanol–water partition coefficient (Wildman–Crippen LogP) is 3.15. The van der Waals surface area contributed by atoms with Gasteiger partial charge >= 0.3 is 0 Å². The zero-order valence-corrected chi connectivity index (χ0v) is 13.4. The molecule has 1 aromatic heterocycles. The fourth-order valence-electron chi connectivity index (χ4n) is 1.67. The highest BCUT2D eigenvalue weighted by Crippen LogP contribution is 2.26. The summed E-state index contributed by atoms with van der Waals surface area (Å²) < 4.78 is 10.7. The summed E-state index contributed by atoms with van der Waals surface area (Å²) in [6, 6.07) is 5.45. The van der Waals surface area contributed by atoms with E-state index in [1.807, 2.05) is 7.05 Å². The molecular weight excluding hydrogens is 313 g/mol. The third kappa shape index (κ3) is 4.88. The zero-order chi connectivity index (χ0) is 15.2. The molecule has 7 heteroatoms. The first-order valence-electron chi connectivity index (χ1n) is 6.65. The molecule has 0 saturated carbocycles. The van der Waals surface area contributed by atoms with Crippen molar-refractivity contribution in [3.05, 3.63) is 40.0 Å². The van der Waals surface area contributed by atoms with E-state index in [2.05, 4.69) is 22.4 Å². The third-order valence-corrected chi connectivity index (χ3v) is 3.71. The second kappa shape index (κ2) is 7.64. The number of halogens is 2. The standard InChI is InChI=1S/C14H17Cl2N3O2/c1-9(17-2)7-13-18-14(21-19-13)5-6-20-10-3-4-11(15)12(16)8-10/h3-4,8-9,17H,5-7H2,1-2H3. The van der Waals surface area contributed by atoms with E-state index < -0.39 is 0 Å². The van der Waals surface area contributed by atoms with Crippen molar-refractivity contribution in [2.75, 3.05) is 13.7 Å². The van der Waals surface area contributed by atoms with E-state index in [9.17, 15) is 0 Å². The first kappa shape index (κ1) is 16.1. The molecule has 5 nitrogen and oxygen atoms in total. The molecule has 21 heavy (non-hydrogen) atoms.